The zero-order chi connectivity index (χ0) is 14.4. The Morgan fingerprint density at radius 3 is 3.05 bits per heavy atom. The van der Waals surface area contributed by atoms with Crippen molar-refractivity contribution >= 4 is 11.3 Å². The zero-order valence-corrected chi connectivity index (χ0v) is 12.0. The maximum absolute atomic E-state index is 13.7. The van der Waals surface area contributed by atoms with Crippen molar-refractivity contribution in [2.75, 3.05) is 6.61 Å². The number of aliphatic hydroxyl groups is 1. The van der Waals surface area contributed by atoms with Gasteiger partial charge in [0.2, 0.25) is 0 Å². The quantitative estimate of drug-likeness (QED) is 0.873. The summed E-state index contributed by atoms with van der Waals surface area (Å²) in [6.45, 7) is 2.11. The van der Waals surface area contributed by atoms with Gasteiger partial charge in [-0.2, -0.15) is 0 Å². The first-order chi connectivity index (χ1) is 9.70. The first kappa shape index (κ1) is 14.6. The molecule has 0 unspecified atom stereocenters. The van der Waals surface area contributed by atoms with E-state index in [1.54, 1.807) is 25.1 Å². The lowest BCUT2D eigenvalue weighted by atomic mass is 10.2. The Kier molecular flexibility index (Phi) is 5.16. The van der Waals surface area contributed by atoms with E-state index in [9.17, 15) is 4.39 Å². The summed E-state index contributed by atoms with van der Waals surface area (Å²) in [7, 11) is 0. The summed E-state index contributed by atoms with van der Waals surface area (Å²) < 4.78 is 19.2. The summed E-state index contributed by atoms with van der Waals surface area (Å²) in [5.41, 5.74) is 1.47. The molecule has 0 saturated carbocycles. The van der Waals surface area contributed by atoms with Crippen molar-refractivity contribution in [2.24, 2.45) is 0 Å². The van der Waals surface area contributed by atoms with Crippen molar-refractivity contribution in [3.63, 3.8) is 0 Å². The maximum atomic E-state index is 13.7. The molecular weight excluding hydrogens is 275 g/mol. The van der Waals surface area contributed by atoms with E-state index in [0.29, 0.717) is 18.6 Å². The molecule has 0 bridgehead atoms. The zero-order valence-electron chi connectivity index (χ0n) is 11.1. The highest BCUT2D eigenvalue weighted by Gasteiger charge is 2.06. The third-order valence-electron chi connectivity index (χ3n) is 2.65. The van der Waals surface area contributed by atoms with Gasteiger partial charge in [-0.25, -0.2) is 4.39 Å². The van der Waals surface area contributed by atoms with Crippen LogP contribution in [0.3, 0.4) is 0 Å². The Labute approximate surface area is 121 Å². The SMILES string of the molecule is Cc1cccc(OCc2cc(C#CCCO)cs2)c1F. The molecule has 0 spiro atoms. The third-order valence-corrected chi connectivity index (χ3v) is 3.56. The van der Waals surface area contributed by atoms with Crippen molar-refractivity contribution in [3.05, 3.63) is 51.5 Å². The fourth-order valence-electron chi connectivity index (χ4n) is 1.62. The van der Waals surface area contributed by atoms with Gasteiger partial charge in [0.05, 0.1) is 6.61 Å². The van der Waals surface area contributed by atoms with Gasteiger partial charge in [0, 0.05) is 22.2 Å². The molecule has 2 aromatic rings. The number of hydrogen-bond acceptors (Lipinski definition) is 3. The largest absolute Gasteiger partial charge is 0.485 e. The van der Waals surface area contributed by atoms with E-state index in [1.165, 1.54) is 11.3 Å². The molecule has 1 N–H and O–H groups in total. The van der Waals surface area contributed by atoms with Crippen LogP contribution in [0, 0.1) is 24.6 Å². The minimum absolute atomic E-state index is 0.0692. The molecule has 20 heavy (non-hydrogen) atoms. The van der Waals surface area contributed by atoms with Crippen molar-refractivity contribution < 1.29 is 14.2 Å². The van der Waals surface area contributed by atoms with Crippen molar-refractivity contribution in [2.45, 2.75) is 20.0 Å². The lowest BCUT2D eigenvalue weighted by molar-refractivity contribution is 0.293. The number of halogens is 1. The van der Waals surface area contributed by atoms with E-state index < -0.39 is 0 Å². The molecule has 0 saturated heterocycles. The predicted octanol–water partition coefficient (Wildman–Crippen LogP) is 3.51. The predicted molar refractivity (Wildman–Crippen MR) is 78.4 cm³/mol. The molecule has 1 heterocycles. The molecule has 0 fully saturated rings. The van der Waals surface area contributed by atoms with Crippen molar-refractivity contribution in [1.29, 1.82) is 0 Å². The van der Waals surface area contributed by atoms with Gasteiger partial charge in [0.15, 0.2) is 11.6 Å². The minimum Gasteiger partial charge on any atom is -0.485 e. The van der Waals surface area contributed by atoms with Crippen LogP contribution in [0.4, 0.5) is 4.39 Å². The molecule has 1 aromatic heterocycles. The summed E-state index contributed by atoms with van der Waals surface area (Å²) in [5, 5.41) is 10.6. The van der Waals surface area contributed by atoms with Crippen LogP contribution in [0.2, 0.25) is 0 Å². The van der Waals surface area contributed by atoms with Gasteiger partial charge < -0.3 is 9.84 Å². The van der Waals surface area contributed by atoms with Crippen LogP contribution in [0.25, 0.3) is 0 Å². The third kappa shape index (κ3) is 3.83. The van der Waals surface area contributed by atoms with Crippen LogP contribution in [-0.2, 0) is 6.61 Å². The highest BCUT2D eigenvalue weighted by molar-refractivity contribution is 7.10. The smallest absolute Gasteiger partial charge is 0.167 e. The fourth-order valence-corrected chi connectivity index (χ4v) is 2.35. The molecule has 4 heteroatoms. The van der Waals surface area contributed by atoms with Gasteiger partial charge in [-0.3, -0.25) is 0 Å². The number of benzene rings is 1. The number of ether oxygens (including phenoxy) is 1. The van der Waals surface area contributed by atoms with Gasteiger partial charge in [-0.1, -0.05) is 24.0 Å². The summed E-state index contributed by atoms with van der Waals surface area (Å²) in [4.78, 5) is 0.985. The van der Waals surface area contributed by atoms with Crippen LogP contribution < -0.4 is 4.74 Å². The van der Waals surface area contributed by atoms with E-state index in [-0.39, 0.29) is 18.2 Å². The van der Waals surface area contributed by atoms with Gasteiger partial charge in [0.1, 0.15) is 6.61 Å². The average Bonchev–Trinajstić information content (AvgIpc) is 2.89. The van der Waals surface area contributed by atoms with E-state index >= 15 is 0 Å². The van der Waals surface area contributed by atoms with E-state index in [2.05, 4.69) is 11.8 Å². The first-order valence-electron chi connectivity index (χ1n) is 6.25. The van der Waals surface area contributed by atoms with E-state index in [1.807, 2.05) is 11.4 Å². The Hall–Kier alpha value is -1.83. The highest BCUT2D eigenvalue weighted by atomic mass is 32.1. The molecule has 0 aliphatic rings. The molecule has 0 aliphatic carbocycles. The van der Waals surface area contributed by atoms with Crippen LogP contribution in [0.1, 0.15) is 22.4 Å². The molecule has 0 aliphatic heterocycles. The van der Waals surface area contributed by atoms with Crippen LogP contribution >= 0.6 is 11.3 Å². The van der Waals surface area contributed by atoms with Crippen LogP contribution in [-0.4, -0.2) is 11.7 Å². The monoisotopic (exact) mass is 290 g/mol. The number of aliphatic hydroxyl groups excluding tert-OH is 1. The standard InChI is InChI=1S/C16H15FO2S/c1-12-5-4-7-15(16(12)17)19-10-14-9-13(11-20-14)6-2-3-8-18/h4-5,7,9,11,18H,3,8,10H2,1H3. The number of thiophene rings is 1. The van der Waals surface area contributed by atoms with E-state index in [4.69, 9.17) is 9.84 Å². The van der Waals surface area contributed by atoms with Gasteiger partial charge >= 0.3 is 0 Å². The Morgan fingerprint density at radius 2 is 2.25 bits per heavy atom. The molecule has 0 radical (unpaired) electrons. The van der Waals surface area contributed by atoms with Crippen LogP contribution in [0.5, 0.6) is 5.75 Å². The number of hydrogen-bond donors (Lipinski definition) is 1. The molecular formula is C16H15FO2S. The number of rotatable bonds is 4. The second-order valence-corrected chi connectivity index (χ2v) is 5.25. The molecule has 2 nitrogen and oxygen atoms in total. The average molecular weight is 290 g/mol. The van der Waals surface area contributed by atoms with Crippen LogP contribution in [0.15, 0.2) is 29.6 Å². The summed E-state index contributed by atoms with van der Waals surface area (Å²) in [6.07, 6.45) is 0.468. The Balaban J connectivity index is 1.98. The summed E-state index contributed by atoms with van der Waals surface area (Å²) >= 11 is 1.52. The molecule has 2 rings (SSSR count). The van der Waals surface area contributed by atoms with Gasteiger partial charge in [-0.15, -0.1) is 11.3 Å². The normalized spacial score (nSPS) is 9.95. The summed E-state index contributed by atoms with van der Waals surface area (Å²) in [6, 6.07) is 7.02. The summed E-state index contributed by atoms with van der Waals surface area (Å²) in [5.74, 6) is 5.77. The molecule has 1 aromatic carbocycles. The topological polar surface area (TPSA) is 29.5 Å². The van der Waals surface area contributed by atoms with Crippen molar-refractivity contribution in [3.8, 4) is 17.6 Å². The lowest BCUT2D eigenvalue weighted by Crippen LogP contribution is -1.96. The Morgan fingerprint density at radius 1 is 1.40 bits per heavy atom. The second kappa shape index (κ2) is 7.09. The molecule has 0 amide bonds. The first-order valence-corrected chi connectivity index (χ1v) is 7.13. The van der Waals surface area contributed by atoms with Gasteiger partial charge in [-0.05, 0) is 24.6 Å². The minimum atomic E-state index is -0.313. The highest BCUT2D eigenvalue weighted by Crippen LogP contribution is 2.22. The second-order valence-electron chi connectivity index (χ2n) is 4.25. The van der Waals surface area contributed by atoms with Gasteiger partial charge in [0.25, 0.3) is 0 Å². The fraction of sp³-hybridized carbons (Fsp3) is 0.250. The Bertz CT molecular complexity index is 637. The van der Waals surface area contributed by atoms with E-state index in [0.717, 1.165) is 10.4 Å². The lowest BCUT2D eigenvalue weighted by Gasteiger charge is -2.06. The maximum Gasteiger partial charge on any atom is 0.167 e. The number of aryl methyl sites for hydroxylation is 1. The molecule has 0 atom stereocenters. The molecule has 104 valence electrons. The van der Waals surface area contributed by atoms with Crippen molar-refractivity contribution in [1.82, 2.24) is 0 Å².